The van der Waals surface area contributed by atoms with Crippen molar-refractivity contribution < 1.29 is 23.5 Å². The molecule has 0 unspecified atom stereocenters. The number of aromatic carboxylic acids is 1. The highest BCUT2D eigenvalue weighted by Gasteiger charge is 2.43. The van der Waals surface area contributed by atoms with Gasteiger partial charge in [-0.2, -0.15) is 0 Å². The van der Waals surface area contributed by atoms with E-state index in [1.54, 1.807) is 18.5 Å². The normalized spacial score (nSPS) is 17.4. The Kier molecular flexibility index (Phi) is 7.92. The van der Waals surface area contributed by atoms with E-state index in [2.05, 4.69) is 20.2 Å². The summed E-state index contributed by atoms with van der Waals surface area (Å²) in [6.45, 7) is 9.35. The van der Waals surface area contributed by atoms with Gasteiger partial charge in [-0.15, -0.1) is 0 Å². The van der Waals surface area contributed by atoms with E-state index >= 15 is 0 Å². The summed E-state index contributed by atoms with van der Waals surface area (Å²) in [4.78, 5) is 35.6. The van der Waals surface area contributed by atoms with E-state index in [1.165, 1.54) is 24.4 Å². The topological polar surface area (TPSA) is 100 Å². The maximum absolute atomic E-state index is 14.9. The fourth-order valence-corrected chi connectivity index (χ4v) is 5.46. The van der Waals surface area contributed by atoms with Crippen molar-refractivity contribution in [2.75, 3.05) is 18.4 Å². The monoisotopic (exact) mass is 573 g/mol. The van der Waals surface area contributed by atoms with Crippen LogP contribution in [0.3, 0.4) is 0 Å². The molecule has 1 aliphatic heterocycles. The number of carboxylic acid groups (broad SMARTS) is 1. The van der Waals surface area contributed by atoms with E-state index in [0.29, 0.717) is 31.1 Å². The Morgan fingerprint density at radius 3 is 2.50 bits per heavy atom. The Balaban J connectivity index is 1.40. The lowest BCUT2D eigenvalue weighted by Gasteiger charge is -2.31. The van der Waals surface area contributed by atoms with E-state index in [9.17, 15) is 23.5 Å². The molecule has 3 heterocycles. The molecular weight excluding hydrogens is 540 g/mol. The maximum Gasteiger partial charge on any atom is 0.354 e. The zero-order valence-electron chi connectivity index (χ0n) is 23.9. The molecule has 1 saturated heterocycles. The third-order valence-corrected chi connectivity index (χ3v) is 7.82. The number of anilines is 1. The molecule has 2 aromatic carbocycles. The van der Waals surface area contributed by atoms with Gasteiger partial charge in [0.2, 0.25) is 11.9 Å². The minimum atomic E-state index is -1.10. The smallest absolute Gasteiger partial charge is 0.354 e. The van der Waals surface area contributed by atoms with Crippen molar-refractivity contribution in [3.05, 3.63) is 101 Å². The molecule has 2 atom stereocenters. The molecule has 1 amide bonds. The van der Waals surface area contributed by atoms with Crippen LogP contribution >= 0.6 is 0 Å². The van der Waals surface area contributed by atoms with Crippen molar-refractivity contribution in [3.8, 4) is 11.1 Å². The van der Waals surface area contributed by atoms with Crippen LogP contribution in [0.15, 0.2) is 67.1 Å². The van der Waals surface area contributed by atoms with Crippen LogP contribution in [0.5, 0.6) is 0 Å². The molecule has 10 heteroatoms. The van der Waals surface area contributed by atoms with E-state index in [0.717, 1.165) is 28.3 Å². The number of nitrogens with one attached hydrogen (secondary N) is 1. The zero-order valence-corrected chi connectivity index (χ0v) is 23.9. The number of carbonyl (C=O) groups excluding carboxylic acids is 1. The minimum absolute atomic E-state index is 0.0386. The number of aryl methyl sites for hydroxylation is 1. The summed E-state index contributed by atoms with van der Waals surface area (Å²) in [5, 5.41) is 12.2. The maximum atomic E-state index is 14.9. The molecule has 0 saturated carbocycles. The molecule has 0 spiro atoms. The Bertz CT molecular complexity index is 1630. The van der Waals surface area contributed by atoms with Gasteiger partial charge in [-0.25, -0.2) is 23.5 Å². The quantitative estimate of drug-likeness (QED) is 0.293. The first-order valence-electron chi connectivity index (χ1n) is 13.7. The van der Waals surface area contributed by atoms with Crippen molar-refractivity contribution in [2.24, 2.45) is 5.92 Å². The van der Waals surface area contributed by atoms with Gasteiger partial charge in [0.1, 0.15) is 17.3 Å². The molecule has 2 N–H and O–H groups in total. The Morgan fingerprint density at radius 1 is 1.05 bits per heavy atom. The average Bonchev–Trinajstić information content (AvgIpc) is 3.57. The fraction of sp³-hybridized carbons (Fsp3) is 0.312. The highest BCUT2D eigenvalue weighted by atomic mass is 19.1. The largest absolute Gasteiger partial charge is 0.477 e. The van der Waals surface area contributed by atoms with E-state index in [-0.39, 0.29) is 17.1 Å². The lowest BCUT2D eigenvalue weighted by molar-refractivity contribution is -0.120. The molecule has 42 heavy (non-hydrogen) atoms. The van der Waals surface area contributed by atoms with Crippen LogP contribution in [0.1, 0.15) is 53.9 Å². The second-order valence-electron chi connectivity index (χ2n) is 11.7. The van der Waals surface area contributed by atoms with Gasteiger partial charge in [0.05, 0.1) is 12.5 Å². The van der Waals surface area contributed by atoms with Gasteiger partial charge in [0, 0.05) is 54.8 Å². The third kappa shape index (κ3) is 6.08. The Morgan fingerprint density at radius 2 is 1.83 bits per heavy atom. The summed E-state index contributed by atoms with van der Waals surface area (Å²) in [6, 6.07) is 12.7. The predicted molar refractivity (Wildman–Crippen MR) is 155 cm³/mol. The Hall–Kier alpha value is -4.44. The number of imidazole rings is 1. The second kappa shape index (κ2) is 11.4. The third-order valence-electron chi connectivity index (χ3n) is 7.82. The number of carboxylic acids is 1. The highest BCUT2D eigenvalue weighted by molar-refractivity contribution is 5.92. The van der Waals surface area contributed by atoms with Crippen molar-refractivity contribution in [3.63, 3.8) is 0 Å². The number of pyridine rings is 1. The number of hydrogen-bond donors (Lipinski definition) is 2. The molecule has 2 aromatic heterocycles. The number of rotatable bonds is 7. The highest BCUT2D eigenvalue weighted by Crippen LogP contribution is 2.38. The molecule has 0 radical (unpaired) electrons. The molecule has 218 valence electrons. The second-order valence-corrected chi connectivity index (χ2v) is 11.7. The number of amides is 1. The van der Waals surface area contributed by atoms with Gasteiger partial charge in [0.25, 0.3) is 0 Å². The van der Waals surface area contributed by atoms with E-state index in [4.69, 9.17) is 0 Å². The summed E-state index contributed by atoms with van der Waals surface area (Å²) in [6.07, 6.45) is 4.90. The standard InChI is InChI=1S/C32H33F2N5O3/c1-19-5-6-21(24(13-19)20-7-10-28(30(41)42)36-15-20)16-38-12-11-35-31(38)37-29(40)26-18-39(32(2,3)4)17-25(26)23-9-8-22(33)14-27(23)34/h5-15,25-26H,16-18H2,1-4H3,(H,41,42)(H,35,37,40)/t25-,26+/m0/s1. The van der Waals surface area contributed by atoms with Crippen LogP contribution in [0.2, 0.25) is 0 Å². The molecule has 0 bridgehead atoms. The summed E-state index contributed by atoms with van der Waals surface area (Å²) in [5.74, 6) is -3.40. The van der Waals surface area contributed by atoms with Crippen molar-refractivity contribution in [1.82, 2.24) is 19.4 Å². The summed E-state index contributed by atoms with van der Waals surface area (Å²) >= 11 is 0. The van der Waals surface area contributed by atoms with Gasteiger partial charge in [-0.1, -0.05) is 35.9 Å². The lowest BCUT2D eigenvalue weighted by Crippen LogP contribution is -2.40. The first kappa shape index (κ1) is 29.1. The van der Waals surface area contributed by atoms with Crippen LogP contribution in [0, 0.1) is 24.5 Å². The first-order chi connectivity index (χ1) is 19.9. The van der Waals surface area contributed by atoms with Crippen LogP contribution in [0.4, 0.5) is 14.7 Å². The molecular formula is C32H33F2N5O3. The van der Waals surface area contributed by atoms with E-state index < -0.39 is 29.4 Å². The van der Waals surface area contributed by atoms with Crippen LogP contribution in [-0.4, -0.2) is 55.0 Å². The molecule has 0 aliphatic carbocycles. The van der Waals surface area contributed by atoms with Crippen molar-refractivity contribution in [2.45, 2.75) is 45.7 Å². The minimum Gasteiger partial charge on any atom is -0.477 e. The number of hydrogen-bond acceptors (Lipinski definition) is 5. The van der Waals surface area contributed by atoms with Gasteiger partial charge < -0.3 is 9.67 Å². The molecule has 4 aromatic rings. The summed E-state index contributed by atoms with van der Waals surface area (Å²) < 4.78 is 30.4. The average molecular weight is 574 g/mol. The van der Waals surface area contributed by atoms with Gasteiger partial charge >= 0.3 is 5.97 Å². The van der Waals surface area contributed by atoms with Crippen LogP contribution < -0.4 is 5.32 Å². The first-order valence-corrected chi connectivity index (χ1v) is 13.7. The van der Waals surface area contributed by atoms with Gasteiger partial charge in [-0.05, 0) is 56.5 Å². The molecule has 1 fully saturated rings. The van der Waals surface area contributed by atoms with Gasteiger partial charge in [-0.3, -0.25) is 15.0 Å². The van der Waals surface area contributed by atoms with Crippen LogP contribution in [-0.2, 0) is 11.3 Å². The lowest BCUT2D eigenvalue weighted by atomic mass is 9.88. The predicted octanol–water partition coefficient (Wildman–Crippen LogP) is 5.73. The van der Waals surface area contributed by atoms with Crippen LogP contribution in [0.25, 0.3) is 11.1 Å². The molecule has 1 aliphatic rings. The van der Waals surface area contributed by atoms with Crippen molar-refractivity contribution in [1.29, 1.82) is 0 Å². The van der Waals surface area contributed by atoms with Gasteiger partial charge in [0.15, 0.2) is 0 Å². The number of halogens is 2. The number of carbonyl (C=O) groups is 2. The number of nitrogens with zero attached hydrogens (tertiary/aromatic N) is 4. The summed E-state index contributed by atoms with van der Waals surface area (Å²) in [5.41, 5.74) is 3.63. The fourth-order valence-electron chi connectivity index (χ4n) is 5.46. The summed E-state index contributed by atoms with van der Waals surface area (Å²) in [7, 11) is 0. The van der Waals surface area contributed by atoms with E-state index in [1.807, 2.05) is 50.5 Å². The number of likely N-dealkylation sites (tertiary alicyclic amines) is 1. The zero-order chi connectivity index (χ0) is 30.2. The molecule has 5 rings (SSSR count). The number of benzene rings is 2. The molecule has 8 nitrogen and oxygen atoms in total. The van der Waals surface area contributed by atoms with Crippen molar-refractivity contribution >= 4 is 17.8 Å². The Labute approximate surface area is 243 Å². The SMILES string of the molecule is Cc1ccc(Cn2ccnc2NC(=O)[C@@H]2CN(C(C)(C)C)C[C@H]2c2ccc(F)cc2F)c(-c2ccc(C(=O)O)nc2)c1. The number of aromatic nitrogens is 3.